The zero-order valence-electron chi connectivity index (χ0n) is 13.5. The maximum absolute atomic E-state index is 12.7. The lowest BCUT2D eigenvalue weighted by Crippen LogP contribution is -2.51. The highest BCUT2D eigenvalue weighted by Gasteiger charge is 2.40. The lowest BCUT2D eigenvalue weighted by molar-refractivity contribution is -0.125. The largest absolute Gasteiger partial charge is 0.271 e. The number of hydrazine groups is 1. The molecule has 1 aliphatic heterocycles. The van der Waals surface area contributed by atoms with Crippen LogP contribution in [0.15, 0.2) is 46.7 Å². The van der Waals surface area contributed by atoms with Gasteiger partial charge in [-0.25, -0.2) is 8.42 Å². The molecule has 138 valence electrons. The number of sulfonamides is 1. The summed E-state index contributed by atoms with van der Waals surface area (Å²) in [4.78, 5) is 24.4. The fraction of sp³-hybridized carbons (Fsp3) is 0.250. The predicted molar refractivity (Wildman–Crippen MR) is 98.3 cm³/mol. The third-order valence-corrected chi connectivity index (χ3v) is 7.56. The standard InChI is InChI=1S/C16H16ClN3O4S2/c17-13-8-9-14(25-13)26(23,24)20-10-4-7-12(20)16(22)19-18-15(21)11-5-2-1-3-6-11/h1-3,5-6,8-9,12H,4,7,10H2,(H,18,21)(H,19,22)/t12-/m1/s1. The van der Waals surface area contributed by atoms with Gasteiger partial charge in [0.1, 0.15) is 10.3 Å². The van der Waals surface area contributed by atoms with E-state index >= 15 is 0 Å². The molecule has 0 aliphatic carbocycles. The summed E-state index contributed by atoms with van der Waals surface area (Å²) >= 11 is 6.77. The number of hydrogen-bond acceptors (Lipinski definition) is 5. The molecule has 0 unspecified atom stereocenters. The molecule has 2 N–H and O–H groups in total. The summed E-state index contributed by atoms with van der Waals surface area (Å²) in [7, 11) is -3.81. The number of nitrogens with one attached hydrogen (secondary N) is 2. The summed E-state index contributed by atoms with van der Waals surface area (Å²) in [6.45, 7) is 0.239. The van der Waals surface area contributed by atoms with E-state index in [1.807, 2.05) is 0 Å². The van der Waals surface area contributed by atoms with Crippen LogP contribution in [0.2, 0.25) is 4.34 Å². The summed E-state index contributed by atoms with van der Waals surface area (Å²) in [6, 6.07) is 10.4. The van der Waals surface area contributed by atoms with Crippen molar-refractivity contribution < 1.29 is 18.0 Å². The lowest BCUT2D eigenvalue weighted by atomic mass is 10.2. The van der Waals surface area contributed by atoms with E-state index < -0.39 is 27.9 Å². The molecule has 2 amide bonds. The lowest BCUT2D eigenvalue weighted by Gasteiger charge is -2.22. The van der Waals surface area contributed by atoms with Crippen molar-refractivity contribution in [1.29, 1.82) is 0 Å². The second kappa shape index (κ2) is 7.75. The molecule has 0 spiro atoms. The molecule has 1 aromatic carbocycles. The summed E-state index contributed by atoms with van der Waals surface area (Å²) < 4.78 is 27.1. The molecule has 1 aliphatic rings. The van der Waals surface area contributed by atoms with Gasteiger partial charge in [-0.05, 0) is 37.1 Å². The molecule has 7 nitrogen and oxygen atoms in total. The molecule has 0 saturated carbocycles. The van der Waals surface area contributed by atoms with Crippen molar-refractivity contribution in [2.24, 2.45) is 0 Å². The molecule has 26 heavy (non-hydrogen) atoms. The number of hydrogen-bond donors (Lipinski definition) is 2. The number of carbonyl (C=O) groups is 2. The Kier molecular flexibility index (Phi) is 5.61. The van der Waals surface area contributed by atoms with Crippen LogP contribution in [-0.4, -0.2) is 37.1 Å². The fourth-order valence-corrected chi connectivity index (χ4v) is 5.97. The Balaban J connectivity index is 1.68. The van der Waals surface area contributed by atoms with Crippen molar-refractivity contribution in [1.82, 2.24) is 15.2 Å². The van der Waals surface area contributed by atoms with Gasteiger partial charge in [0.15, 0.2) is 0 Å². The minimum absolute atomic E-state index is 0.0931. The van der Waals surface area contributed by atoms with Crippen LogP contribution in [0, 0.1) is 0 Å². The molecule has 1 atom stereocenters. The molecule has 0 bridgehead atoms. The zero-order chi connectivity index (χ0) is 18.7. The SMILES string of the molecule is O=C(NNC(=O)[C@H]1CCCN1S(=O)(=O)c1ccc(Cl)s1)c1ccccc1. The average Bonchev–Trinajstić information content (AvgIpc) is 3.30. The Labute approximate surface area is 160 Å². The van der Waals surface area contributed by atoms with E-state index in [1.165, 1.54) is 12.1 Å². The van der Waals surface area contributed by atoms with Crippen molar-refractivity contribution in [3.63, 3.8) is 0 Å². The Morgan fingerprint density at radius 2 is 1.85 bits per heavy atom. The third kappa shape index (κ3) is 3.90. The quantitative estimate of drug-likeness (QED) is 0.749. The Bertz CT molecular complexity index is 915. The normalized spacial score (nSPS) is 17.8. The molecule has 3 rings (SSSR count). The molecule has 2 heterocycles. The van der Waals surface area contributed by atoms with Gasteiger partial charge in [-0.1, -0.05) is 29.8 Å². The number of nitrogens with zero attached hydrogens (tertiary/aromatic N) is 1. The van der Waals surface area contributed by atoms with Crippen molar-refractivity contribution in [3.8, 4) is 0 Å². The summed E-state index contributed by atoms with van der Waals surface area (Å²) in [6.07, 6.45) is 0.939. The fourth-order valence-electron chi connectivity index (χ4n) is 2.71. The van der Waals surface area contributed by atoms with Gasteiger partial charge in [-0.2, -0.15) is 4.31 Å². The van der Waals surface area contributed by atoms with Gasteiger partial charge in [0, 0.05) is 12.1 Å². The highest BCUT2D eigenvalue weighted by Crippen LogP contribution is 2.32. The number of amides is 2. The number of carbonyl (C=O) groups excluding carboxylic acids is 2. The van der Waals surface area contributed by atoms with Gasteiger partial charge in [-0.15, -0.1) is 11.3 Å². The minimum atomic E-state index is -3.81. The number of thiophene rings is 1. The second-order valence-corrected chi connectivity index (χ2v) is 9.47. The molecular weight excluding hydrogens is 398 g/mol. The van der Waals surface area contributed by atoms with E-state index in [0.717, 1.165) is 15.6 Å². The first kappa shape index (κ1) is 18.8. The maximum Gasteiger partial charge on any atom is 0.269 e. The highest BCUT2D eigenvalue weighted by molar-refractivity contribution is 7.91. The molecular formula is C16H16ClN3O4S2. The molecule has 1 fully saturated rings. The third-order valence-electron chi connectivity index (χ3n) is 3.95. The van der Waals surface area contributed by atoms with Crippen LogP contribution in [-0.2, 0) is 14.8 Å². The topological polar surface area (TPSA) is 95.6 Å². The first-order chi connectivity index (χ1) is 12.4. The zero-order valence-corrected chi connectivity index (χ0v) is 15.9. The number of rotatable bonds is 4. The van der Waals surface area contributed by atoms with Crippen LogP contribution in [0.5, 0.6) is 0 Å². The van der Waals surface area contributed by atoms with E-state index in [2.05, 4.69) is 10.9 Å². The monoisotopic (exact) mass is 413 g/mol. The van der Waals surface area contributed by atoms with Gasteiger partial charge in [0.25, 0.3) is 21.8 Å². The first-order valence-corrected chi connectivity index (χ1v) is 10.5. The highest BCUT2D eigenvalue weighted by atomic mass is 35.5. The molecule has 1 aromatic heterocycles. The molecule has 2 aromatic rings. The number of halogens is 1. The minimum Gasteiger partial charge on any atom is -0.271 e. The van der Waals surface area contributed by atoms with Crippen molar-refractivity contribution in [2.75, 3.05) is 6.54 Å². The maximum atomic E-state index is 12.7. The first-order valence-electron chi connectivity index (χ1n) is 7.82. The molecule has 0 radical (unpaired) electrons. The number of benzene rings is 1. The van der Waals surface area contributed by atoms with Crippen molar-refractivity contribution >= 4 is 44.8 Å². The second-order valence-electron chi connectivity index (χ2n) is 5.64. The average molecular weight is 414 g/mol. The Morgan fingerprint density at radius 3 is 2.50 bits per heavy atom. The smallest absolute Gasteiger partial charge is 0.269 e. The van der Waals surface area contributed by atoms with Gasteiger partial charge in [-0.3, -0.25) is 20.4 Å². The Morgan fingerprint density at radius 1 is 1.12 bits per heavy atom. The van der Waals surface area contributed by atoms with E-state index in [9.17, 15) is 18.0 Å². The van der Waals surface area contributed by atoms with Crippen LogP contribution >= 0.6 is 22.9 Å². The van der Waals surface area contributed by atoms with E-state index in [1.54, 1.807) is 30.3 Å². The van der Waals surface area contributed by atoms with E-state index in [0.29, 0.717) is 22.7 Å². The summed E-state index contributed by atoms with van der Waals surface area (Å²) in [5.74, 6) is -1.05. The van der Waals surface area contributed by atoms with Gasteiger partial charge >= 0.3 is 0 Å². The van der Waals surface area contributed by atoms with Crippen molar-refractivity contribution in [2.45, 2.75) is 23.1 Å². The van der Waals surface area contributed by atoms with Crippen LogP contribution in [0.3, 0.4) is 0 Å². The predicted octanol–water partition coefficient (Wildman–Crippen LogP) is 2.02. The van der Waals surface area contributed by atoms with Crippen LogP contribution < -0.4 is 10.9 Å². The van der Waals surface area contributed by atoms with Crippen LogP contribution in [0.25, 0.3) is 0 Å². The molecule has 1 saturated heterocycles. The molecule has 10 heteroatoms. The Hall–Kier alpha value is -1.94. The van der Waals surface area contributed by atoms with E-state index in [-0.39, 0.29) is 10.8 Å². The summed E-state index contributed by atoms with van der Waals surface area (Å²) in [5.41, 5.74) is 5.01. The van der Waals surface area contributed by atoms with Crippen molar-refractivity contribution in [3.05, 3.63) is 52.4 Å². The van der Waals surface area contributed by atoms with Gasteiger partial charge < -0.3 is 0 Å². The van der Waals surface area contributed by atoms with E-state index in [4.69, 9.17) is 11.6 Å². The van der Waals surface area contributed by atoms with Crippen LogP contribution in [0.1, 0.15) is 23.2 Å². The van der Waals surface area contributed by atoms with Gasteiger partial charge in [0.05, 0.1) is 4.34 Å². The summed E-state index contributed by atoms with van der Waals surface area (Å²) in [5, 5.41) is 0. The van der Waals surface area contributed by atoms with Gasteiger partial charge in [0.2, 0.25) is 0 Å². The van der Waals surface area contributed by atoms with Crippen LogP contribution in [0.4, 0.5) is 0 Å².